The van der Waals surface area contributed by atoms with E-state index in [9.17, 15) is 14.7 Å². The minimum atomic E-state index is -0.880. The van der Waals surface area contributed by atoms with E-state index in [0.29, 0.717) is 34.1 Å². The number of anilines is 1. The first-order chi connectivity index (χ1) is 18.5. The Kier molecular flexibility index (Phi) is 7.72. The van der Waals surface area contributed by atoms with E-state index in [0.717, 1.165) is 5.56 Å². The van der Waals surface area contributed by atoms with E-state index in [1.165, 1.54) is 4.90 Å². The van der Waals surface area contributed by atoms with Crippen molar-refractivity contribution in [3.8, 4) is 17.2 Å². The first-order valence-electron chi connectivity index (χ1n) is 12.9. The van der Waals surface area contributed by atoms with Gasteiger partial charge < -0.3 is 19.3 Å². The smallest absolute Gasteiger partial charge is 0.300 e. The zero-order chi connectivity index (χ0) is 28.5. The number of nitrogens with zero attached hydrogens (tertiary/aromatic N) is 1. The van der Waals surface area contributed by atoms with Crippen LogP contribution in [-0.4, -0.2) is 37.1 Å². The maximum atomic E-state index is 13.6. The third-order valence-electron chi connectivity index (χ3n) is 6.62. The number of Topliss-reactive ketones (excluding diaryl/α,β-unsaturated/α-hetero) is 1. The molecule has 4 rings (SSSR count). The average Bonchev–Trinajstić information content (AvgIpc) is 3.17. The van der Waals surface area contributed by atoms with Gasteiger partial charge in [0.05, 0.1) is 31.9 Å². The molecule has 0 aromatic heterocycles. The first kappa shape index (κ1) is 27.8. The molecule has 1 aliphatic rings. The quantitative estimate of drug-likeness (QED) is 0.216. The molecular formula is C32H35NO6. The van der Waals surface area contributed by atoms with Crippen LogP contribution in [0.4, 0.5) is 5.69 Å². The Morgan fingerprint density at radius 1 is 0.897 bits per heavy atom. The largest absolute Gasteiger partial charge is 0.507 e. The number of carbonyl (C=O) groups excluding carboxylic acids is 2. The van der Waals surface area contributed by atoms with Crippen LogP contribution >= 0.6 is 0 Å². The third-order valence-corrected chi connectivity index (χ3v) is 6.62. The lowest BCUT2D eigenvalue weighted by Crippen LogP contribution is -2.29. The summed E-state index contributed by atoms with van der Waals surface area (Å²) in [4.78, 5) is 28.5. The lowest BCUT2D eigenvalue weighted by atomic mass is 9.84. The monoisotopic (exact) mass is 529 g/mol. The fraction of sp³-hybridized carbons (Fsp3) is 0.312. The van der Waals surface area contributed by atoms with E-state index in [-0.39, 0.29) is 22.9 Å². The second-order valence-electron chi connectivity index (χ2n) is 10.8. The lowest BCUT2D eigenvalue weighted by Gasteiger charge is -2.26. The molecule has 0 bridgehead atoms. The van der Waals surface area contributed by atoms with Gasteiger partial charge in [-0.2, -0.15) is 0 Å². The van der Waals surface area contributed by atoms with Crippen LogP contribution in [0.1, 0.15) is 57.4 Å². The molecular weight excluding hydrogens is 494 g/mol. The zero-order valence-corrected chi connectivity index (χ0v) is 23.4. The van der Waals surface area contributed by atoms with Crippen LogP contribution < -0.4 is 19.1 Å². The second-order valence-corrected chi connectivity index (χ2v) is 10.8. The number of methoxy groups -OCH3 is 2. The maximum absolute atomic E-state index is 13.6. The molecule has 1 heterocycles. The predicted molar refractivity (Wildman–Crippen MR) is 152 cm³/mol. The van der Waals surface area contributed by atoms with Crippen molar-refractivity contribution in [1.29, 1.82) is 0 Å². The van der Waals surface area contributed by atoms with E-state index in [4.69, 9.17) is 14.2 Å². The SMILES string of the molecule is COc1ccc(N2C(=O)C(=O)/C(=C(/O)c3ccc(OC)c(C(C)(C)C)c3)C2c2cccc(OC(C)C)c2)cc1. The van der Waals surface area contributed by atoms with Gasteiger partial charge in [0, 0.05) is 16.8 Å². The molecule has 1 atom stereocenters. The molecule has 1 N–H and O–H groups in total. The molecule has 3 aromatic rings. The minimum Gasteiger partial charge on any atom is -0.507 e. The normalized spacial score (nSPS) is 17.0. The molecule has 0 radical (unpaired) electrons. The third kappa shape index (κ3) is 5.48. The summed E-state index contributed by atoms with van der Waals surface area (Å²) in [5, 5.41) is 11.6. The molecule has 0 saturated carbocycles. The van der Waals surface area contributed by atoms with Crippen LogP contribution in [0, 0.1) is 0 Å². The molecule has 1 aliphatic heterocycles. The topological polar surface area (TPSA) is 85.3 Å². The number of ketones is 1. The molecule has 1 amide bonds. The Balaban J connectivity index is 1.95. The summed E-state index contributed by atoms with van der Waals surface area (Å²) >= 11 is 0. The Labute approximate surface area is 229 Å². The van der Waals surface area contributed by atoms with E-state index < -0.39 is 17.7 Å². The standard InChI is InChI=1S/C32H35NO6/c1-19(2)39-24-10-8-9-20(17-24)28-27(29(34)21-11-16-26(38-7)25(18-21)32(3,4)5)30(35)31(36)33(28)22-12-14-23(37-6)15-13-22/h8-19,28,34H,1-7H3/b29-27+. The highest BCUT2D eigenvalue weighted by Crippen LogP contribution is 2.44. The number of aliphatic hydroxyl groups excluding tert-OH is 1. The number of amides is 1. The number of hydrogen-bond acceptors (Lipinski definition) is 6. The van der Waals surface area contributed by atoms with Crippen LogP contribution in [0.2, 0.25) is 0 Å². The lowest BCUT2D eigenvalue weighted by molar-refractivity contribution is -0.132. The first-order valence-corrected chi connectivity index (χ1v) is 12.9. The van der Waals surface area contributed by atoms with Crippen molar-refractivity contribution in [3.63, 3.8) is 0 Å². The number of carbonyl (C=O) groups is 2. The Bertz CT molecular complexity index is 1420. The molecule has 0 spiro atoms. The van der Waals surface area contributed by atoms with E-state index in [2.05, 4.69) is 0 Å². The van der Waals surface area contributed by atoms with Gasteiger partial charge in [0.15, 0.2) is 0 Å². The minimum absolute atomic E-state index is 0.00235. The van der Waals surface area contributed by atoms with Crippen LogP contribution in [0.25, 0.3) is 5.76 Å². The molecule has 7 nitrogen and oxygen atoms in total. The van der Waals surface area contributed by atoms with Gasteiger partial charge in [-0.05, 0) is 79.4 Å². The molecule has 1 fully saturated rings. The summed E-state index contributed by atoms with van der Waals surface area (Å²) in [6, 6.07) is 18.5. The number of ether oxygens (including phenoxy) is 3. The number of aliphatic hydroxyl groups is 1. The van der Waals surface area contributed by atoms with Gasteiger partial charge in [0.25, 0.3) is 11.7 Å². The Morgan fingerprint density at radius 2 is 1.59 bits per heavy atom. The van der Waals surface area contributed by atoms with E-state index in [1.807, 2.05) is 58.9 Å². The van der Waals surface area contributed by atoms with Gasteiger partial charge in [-0.15, -0.1) is 0 Å². The van der Waals surface area contributed by atoms with Crippen molar-refractivity contribution in [3.05, 3.63) is 89.0 Å². The molecule has 0 aliphatic carbocycles. The summed E-state index contributed by atoms with van der Waals surface area (Å²) in [7, 11) is 3.15. The van der Waals surface area contributed by atoms with Crippen LogP contribution in [-0.2, 0) is 15.0 Å². The summed E-state index contributed by atoms with van der Waals surface area (Å²) in [5.41, 5.74) is 2.13. The van der Waals surface area contributed by atoms with E-state index in [1.54, 1.807) is 56.7 Å². The van der Waals surface area contributed by atoms with Crippen LogP contribution in [0.3, 0.4) is 0 Å². The summed E-state index contributed by atoms with van der Waals surface area (Å²) in [6.45, 7) is 9.96. The van der Waals surface area contributed by atoms with Crippen molar-refractivity contribution in [2.75, 3.05) is 19.1 Å². The highest BCUT2D eigenvalue weighted by molar-refractivity contribution is 6.51. The fourth-order valence-electron chi connectivity index (χ4n) is 4.78. The van der Waals surface area contributed by atoms with Crippen molar-refractivity contribution >= 4 is 23.1 Å². The molecule has 7 heteroatoms. The van der Waals surface area contributed by atoms with E-state index >= 15 is 0 Å². The highest BCUT2D eigenvalue weighted by atomic mass is 16.5. The summed E-state index contributed by atoms with van der Waals surface area (Å²) in [6.07, 6.45) is -0.0664. The summed E-state index contributed by atoms with van der Waals surface area (Å²) in [5.74, 6) is 0.142. The van der Waals surface area contributed by atoms with Crippen molar-refractivity contribution in [2.45, 2.75) is 52.2 Å². The van der Waals surface area contributed by atoms with Gasteiger partial charge in [0.2, 0.25) is 0 Å². The molecule has 1 unspecified atom stereocenters. The van der Waals surface area contributed by atoms with Crippen molar-refractivity contribution in [2.24, 2.45) is 0 Å². The van der Waals surface area contributed by atoms with Gasteiger partial charge in [-0.25, -0.2) is 0 Å². The number of benzene rings is 3. The molecule has 1 saturated heterocycles. The Morgan fingerprint density at radius 3 is 2.18 bits per heavy atom. The van der Waals surface area contributed by atoms with Gasteiger partial charge in [-0.1, -0.05) is 32.9 Å². The zero-order valence-electron chi connectivity index (χ0n) is 23.4. The highest BCUT2D eigenvalue weighted by Gasteiger charge is 2.47. The summed E-state index contributed by atoms with van der Waals surface area (Å²) < 4.78 is 16.7. The number of hydrogen-bond donors (Lipinski definition) is 1. The van der Waals surface area contributed by atoms with Crippen LogP contribution in [0.15, 0.2) is 72.3 Å². The average molecular weight is 530 g/mol. The van der Waals surface area contributed by atoms with Crippen molar-refractivity contribution in [1.82, 2.24) is 0 Å². The van der Waals surface area contributed by atoms with Gasteiger partial charge in [-0.3, -0.25) is 14.5 Å². The molecule has 3 aromatic carbocycles. The van der Waals surface area contributed by atoms with Gasteiger partial charge >= 0.3 is 0 Å². The van der Waals surface area contributed by atoms with Crippen LogP contribution in [0.5, 0.6) is 17.2 Å². The number of rotatable bonds is 7. The molecule has 39 heavy (non-hydrogen) atoms. The van der Waals surface area contributed by atoms with Crippen molar-refractivity contribution < 1.29 is 28.9 Å². The fourth-order valence-corrected chi connectivity index (χ4v) is 4.78. The maximum Gasteiger partial charge on any atom is 0.300 e. The predicted octanol–water partition coefficient (Wildman–Crippen LogP) is 6.41. The molecule has 204 valence electrons. The van der Waals surface area contributed by atoms with Gasteiger partial charge in [0.1, 0.15) is 23.0 Å². The second kappa shape index (κ2) is 10.8. The Hall–Kier alpha value is -4.26.